The topological polar surface area (TPSA) is 131 Å². The van der Waals surface area contributed by atoms with Crippen molar-refractivity contribution in [3.05, 3.63) is 48.0 Å². The summed E-state index contributed by atoms with van der Waals surface area (Å²) in [5.74, 6) is -3.06. The van der Waals surface area contributed by atoms with Crippen molar-refractivity contribution in [3.8, 4) is 0 Å². The molecule has 0 aliphatic heterocycles. The van der Waals surface area contributed by atoms with Crippen molar-refractivity contribution in [2.45, 2.75) is 52.7 Å². The van der Waals surface area contributed by atoms with Crippen LogP contribution in [0.25, 0.3) is 10.8 Å². The molecule has 3 amide bonds. The Morgan fingerprint density at radius 2 is 1.72 bits per heavy atom. The van der Waals surface area contributed by atoms with Crippen molar-refractivity contribution < 1.29 is 24.3 Å². The number of nitrogens with two attached hydrogens (primary N) is 1. The molecular formula is C24H33N3O5. The summed E-state index contributed by atoms with van der Waals surface area (Å²) in [5, 5.41) is 14.0. The first-order valence-corrected chi connectivity index (χ1v) is 10.7. The summed E-state index contributed by atoms with van der Waals surface area (Å²) in [7, 11) is 0. The fourth-order valence-corrected chi connectivity index (χ4v) is 3.60. The highest BCUT2D eigenvalue weighted by Gasteiger charge is 2.38. The van der Waals surface area contributed by atoms with Gasteiger partial charge in [-0.3, -0.25) is 19.6 Å². The highest BCUT2D eigenvalue weighted by Crippen LogP contribution is 2.24. The standard InChI is InChI=1S/C24H33N3O5/c1-5-12-32-19(23(30)27-31)18(22(29)26-20(21(25)28)24(2,3)4)14-15-10-11-16-8-6-7-9-17(16)13-15/h6-11,13,18-20,31H,5,12,14H2,1-4H3,(H2,25,28)(H,26,29)(H,27,30)/t18-,19+,20-/m1/s1. The summed E-state index contributed by atoms with van der Waals surface area (Å²) in [6.07, 6.45) is -0.473. The lowest BCUT2D eigenvalue weighted by molar-refractivity contribution is -0.151. The van der Waals surface area contributed by atoms with Crippen LogP contribution in [0.4, 0.5) is 0 Å². The van der Waals surface area contributed by atoms with Crippen LogP contribution < -0.4 is 16.5 Å². The normalized spacial score (nSPS) is 14.4. The molecule has 0 bridgehead atoms. The highest BCUT2D eigenvalue weighted by atomic mass is 16.5. The number of carbonyl (C=O) groups is 3. The van der Waals surface area contributed by atoms with E-state index in [1.54, 1.807) is 26.3 Å². The number of hydroxylamine groups is 1. The zero-order valence-electron chi connectivity index (χ0n) is 19.1. The number of benzene rings is 2. The average Bonchev–Trinajstić information content (AvgIpc) is 2.75. The first-order chi connectivity index (χ1) is 15.1. The Balaban J connectivity index is 2.42. The molecule has 0 spiro atoms. The van der Waals surface area contributed by atoms with Crippen molar-refractivity contribution in [1.29, 1.82) is 0 Å². The van der Waals surface area contributed by atoms with Crippen LogP contribution in [0, 0.1) is 11.3 Å². The molecule has 174 valence electrons. The van der Waals surface area contributed by atoms with Crippen LogP contribution in [0.1, 0.15) is 39.7 Å². The largest absolute Gasteiger partial charge is 0.368 e. The van der Waals surface area contributed by atoms with Crippen molar-refractivity contribution in [2.75, 3.05) is 6.61 Å². The van der Waals surface area contributed by atoms with Crippen molar-refractivity contribution in [2.24, 2.45) is 17.1 Å². The van der Waals surface area contributed by atoms with Crippen LogP contribution in [0.2, 0.25) is 0 Å². The molecule has 0 saturated heterocycles. The van der Waals surface area contributed by atoms with Gasteiger partial charge in [0.25, 0.3) is 5.91 Å². The number of carbonyl (C=O) groups excluding carboxylic acids is 3. The van der Waals surface area contributed by atoms with Crippen molar-refractivity contribution >= 4 is 28.5 Å². The second-order valence-corrected chi connectivity index (χ2v) is 8.97. The molecule has 0 saturated carbocycles. The van der Waals surface area contributed by atoms with Gasteiger partial charge in [0.2, 0.25) is 11.8 Å². The lowest BCUT2D eigenvalue weighted by Gasteiger charge is -2.32. The molecule has 0 fully saturated rings. The Bertz CT molecular complexity index is 954. The molecule has 0 heterocycles. The SMILES string of the molecule is CCCO[C@H](C(=O)NO)[C@@H](Cc1ccc2ccccc2c1)C(=O)N[C@H](C(N)=O)C(C)(C)C. The van der Waals surface area contributed by atoms with E-state index in [-0.39, 0.29) is 13.0 Å². The van der Waals surface area contributed by atoms with Gasteiger partial charge in [-0.15, -0.1) is 0 Å². The van der Waals surface area contributed by atoms with E-state index in [1.165, 1.54) is 0 Å². The van der Waals surface area contributed by atoms with E-state index in [0.29, 0.717) is 6.42 Å². The number of amides is 3. The average molecular weight is 444 g/mol. The number of fused-ring (bicyclic) bond motifs is 1. The zero-order chi connectivity index (χ0) is 23.9. The summed E-state index contributed by atoms with van der Waals surface area (Å²) >= 11 is 0. The first kappa shape index (κ1) is 25.3. The third-order valence-electron chi connectivity index (χ3n) is 5.28. The fraction of sp³-hybridized carbons (Fsp3) is 0.458. The molecule has 5 N–H and O–H groups in total. The molecule has 2 aromatic rings. The lowest BCUT2D eigenvalue weighted by Crippen LogP contribution is -2.56. The number of rotatable bonds is 10. The molecule has 0 unspecified atom stereocenters. The van der Waals surface area contributed by atoms with Gasteiger partial charge in [0.15, 0.2) is 0 Å². The number of hydrogen-bond acceptors (Lipinski definition) is 5. The molecule has 32 heavy (non-hydrogen) atoms. The third-order valence-corrected chi connectivity index (χ3v) is 5.28. The quantitative estimate of drug-likeness (QED) is 0.331. The second kappa shape index (κ2) is 11.1. The third kappa shape index (κ3) is 6.51. The van der Waals surface area contributed by atoms with Crippen LogP contribution in [-0.4, -0.2) is 41.7 Å². The molecule has 3 atom stereocenters. The molecule has 8 heteroatoms. The van der Waals surface area contributed by atoms with Gasteiger partial charge in [-0.2, -0.15) is 0 Å². The van der Waals surface area contributed by atoms with E-state index in [9.17, 15) is 19.6 Å². The van der Waals surface area contributed by atoms with Crippen LogP contribution >= 0.6 is 0 Å². The second-order valence-electron chi connectivity index (χ2n) is 8.97. The van der Waals surface area contributed by atoms with Gasteiger partial charge in [-0.1, -0.05) is 70.2 Å². The summed E-state index contributed by atoms with van der Waals surface area (Å²) < 4.78 is 5.67. The van der Waals surface area contributed by atoms with E-state index >= 15 is 0 Å². The summed E-state index contributed by atoms with van der Waals surface area (Å²) in [5.41, 5.74) is 7.30. The Hall–Kier alpha value is -2.97. The Kier molecular flexibility index (Phi) is 8.74. The zero-order valence-corrected chi connectivity index (χ0v) is 19.1. The van der Waals surface area contributed by atoms with E-state index in [1.807, 2.05) is 49.4 Å². The monoisotopic (exact) mass is 443 g/mol. The summed E-state index contributed by atoms with van der Waals surface area (Å²) in [4.78, 5) is 37.8. The molecule has 0 radical (unpaired) electrons. The summed E-state index contributed by atoms with van der Waals surface area (Å²) in [6, 6.07) is 12.6. The summed E-state index contributed by atoms with van der Waals surface area (Å²) in [6.45, 7) is 7.44. The molecule has 0 aliphatic rings. The fourth-order valence-electron chi connectivity index (χ4n) is 3.60. The maximum Gasteiger partial charge on any atom is 0.273 e. The van der Waals surface area contributed by atoms with Gasteiger partial charge >= 0.3 is 0 Å². The molecule has 0 aliphatic carbocycles. The highest BCUT2D eigenvalue weighted by molar-refractivity contribution is 5.92. The minimum atomic E-state index is -1.25. The Morgan fingerprint density at radius 3 is 2.28 bits per heavy atom. The molecule has 8 nitrogen and oxygen atoms in total. The Labute approximate surface area is 188 Å². The smallest absolute Gasteiger partial charge is 0.273 e. The van der Waals surface area contributed by atoms with Gasteiger partial charge in [0, 0.05) is 6.61 Å². The van der Waals surface area contributed by atoms with Gasteiger partial charge in [0.1, 0.15) is 12.1 Å². The van der Waals surface area contributed by atoms with Gasteiger partial charge < -0.3 is 15.8 Å². The molecule has 2 aromatic carbocycles. The Morgan fingerprint density at radius 1 is 1.06 bits per heavy atom. The van der Waals surface area contributed by atoms with Crippen molar-refractivity contribution in [1.82, 2.24) is 10.8 Å². The molecule has 0 aromatic heterocycles. The lowest BCUT2D eigenvalue weighted by atomic mass is 9.85. The molecule has 2 rings (SSSR count). The van der Waals surface area contributed by atoms with Crippen LogP contribution in [0.15, 0.2) is 42.5 Å². The van der Waals surface area contributed by atoms with Crippen LogP contribution in [0.3, 0.4) is 0 Å². The van der Waals surface area contributed by atoms with E-state index in [4.69, 9.17) is 10.5 Å². The van der Waals surface area contributed by atoms with Crippen LogP contribution in [0.5, 0.6) is 0 Å². The number of nitrogens with one attached hydrogen (secondary N) is 2. The predicted molar refractivity (Wildman–Crippen MR) is 122 cm³/mol. The molecular weight excluding hydrogens is 410 g/mol. The predicted octanol–water partition coefficient (Wildman–Crippen LogP) is 2.32. The van der Waals surface area contributed by atoms with Crippen LogP contribution in [-0.2, 0) is 25.5 Å². The maximum absolute atomic E-state index is 13.3. The minimum absolute atomic E-state index is 0.161. The van der Waals surface area contributed by atoms with E-state index < -0.39 is 41.2 Å². The first-order valence-electron chi connectivity index (χ1n) is 10.7. The van der Waals surface area contributed by atoms with Gasteiger partial charge in [-0.25, -0.2) is 5.48 Å². The van der Waals surface area contributed by atoms with Gasteiger partial charge in [0.05, 0.1) is 5.92 Å². The van der Waals surface area contributed by atoms with Gasteiger partial charge in [-0.05, 0) is 34.6 Å². The van der Waals surface area contributed by atoms with Crippen molar-refractivity contribution in [3.63, 3.8) is 0 Å². The minimum Gasteiger partial charge on any atom is -0.368 e. The number of primary amides is 1. The number of hydrogen-bond donors (Lipinski definition) is 4. The number of ether oxygens (including phenoxy) is 1. The van der Waals surface area contributed by atoms with E-state index in [0.717, 1.165) is 16.3 Å². The maximum atomic E-state index is 13.3. The van der Waals surface area contributed by atoms with E-state index in [2.05, 4.69) is 5.32 Å².